The fourth-order valence-corrected chi connectivity index (χ4v) is 9.16. The molecule has 6 aromatic rings. The molecular formula is C44H43ClN6O5S2. The molecule has 3 N–H and O–H groups in total. The van der Waals surface area contributed by atoms with Gasteiger partial charge in [0.1, 0.15) is 5.69 Å². The molecule has 298 valence electrons. The van der Waals surface area contributed by atoms with Crippen LogP contribution in [0.2, 0.25) is 5.02 Å². The van der Waals surface area contributed by atoms with Gasteiger partial charge in [-0.15, -0.1) is 11.8 Å². The van der Waals surface area contributed by atoms with Gasteiger partial charge in [-0.2, -0.15) is 0 Å². The summed E-state index contributed by atoms with van der Waals surface area (Å²) in [6.45, 7) is 8.07. The molecule has 0 saturated carbocycles. The molecule has 2 heterocycles. The quantitative estimate of drug-likeness (QED) is 0.0400. The summed E-state index contributed by atoms with van der Waals surface area (Å²) in [5.41, 5.74) is 7.23. The lowest BCUT2D eigenvalue weighted by Crippen LogP contribution is -2.46. The molecule has 1 aromatic heterocycles. The minimum absolute atomic E-state index is 0.128. The fourth-order valence-electron chi connectivity index (χ4n) is 7.37. The van der Waals surface area contributed by atoms with Crippen LogP contribution in [0.5, 0.6) is 0 Å². The van der Waals surface area contributed by atoms with E-state index in [9.17, 15) is 24.2 Å². The molecule has 0 aliphatic carbocycles. The predicted octanol–water partition coefficient (Wildman–Crippen LogP) is 10.1. The zero-order chi connectivity index (χ0) is 40.8. The molecule has 0 spiro atoms. The van der Waals surface area contributed by atoms with Gasteiger partial charge in [0, 0.05) is 89.3 Å². The lowest BCUT2D eigenvalue weighted by atomic mass is 9.96. The Hall–Kier alpha value is -5.76. The summed E-state index contributed by atoms with van der Waals surface area (Å²) in [5, 5.41) is 26.1. The molecule has 1 atom stereocenters. The third-order valence-electron chi connectivity index (χ3n) is 10.2. The van der Waals surface area contributed by atoms with Gasteiger partial charge in [-0.3, -0.25) is 10.1 Å². The Balaban J connectivity index is 0.987. The summed E-state index contributed by atoms with van der Waals surface area (Å²) < 4.78 is 18.3. The molecule has 1 unspecified atom stereocenters. The fraction of sp³-hybridized carbons (Fsp3) is 0.205. The minimum atomic E-state index is -1.72. The first kappa shape index (κ1) is 40.4. The summed E-state index contributed by atoms with van der Waals surface area (Å²) in [6, 6.07) is 37.9. The molecule has 11 nitrogen and oxygen atoms in total. The lowest BCUT2D eigenvalue weighted by molar-refractivity contribution is -0.384. The number of hydrogen-bond donors (Lipinski definition) is 3. The van der Waals surface area contributed by atoms with Crippen LogP contribution in [0.3, 0.4) is 0 Å². The summed E-state index contributed by atoms with van der Waals surface area (Å²) in [4.78, 5) is 30.2. The zero-order valence-corrected chi connectivity index (χ0v) is 34.4. The predicted molar refractivity (Wildman–Crippen MR) is 237 cm³/mol. The highest BCUT2D eigenvalue weighted by Gasteiger charge is 2.27. The molecular weight excluding hydrogens is 792 g/mol. The highest BCUT2D eigenvalue weighted by Crippen LogP contribution is 2.41. The summed E-state index contributed by atoms with van der Waals surface area (Å²) in [6.07, 6.45) is 0. The molecule has 14 heteroatoms. The van der Waals surface area contributed by atoms with E-state index in [1.807, 2.05) is 105 Å². The number of anilines is 4. The van der Waals surface area contributed by atoms with Crippen LogP contribution in [0.4, 0.5) is 28.4 Å². The first-order chi connectivity index (χ1) is 28.1. The number of carbonyl (C=O) groups is 1. The molecule has 0 radical (unpaired) electrons. The number of nitro groups is 1. The number of aromatic nitrogens is 1. The first-order valence-corrected chi connectivity index (χ1v) is 21.4. The van der Waals surface area contributed by atoms with Crippen LogP contribution in [-0.4, -0.2) is 63.3 Å². The van der Waals surface area contributed by atoms with E-state index in [0.29, 0.717) is 51.2 Å². The van der Waals surface area contributed by atoms with Crippen LogP contribution in [0.25, 0.3) is 22.4 Å². The third kappa shape index (κ3) is 9.02. The Morgan fingerprint density at radius 1 is 0.862 bits per heavy atom. The summed E-state index contributed by atoms with van der Waals surface area (Å²) >= 11 is 7.88. The maximum atomic E-state index is 13.3. The molecule has 0 amide bonds. The van der Waals surface area contributed by atoms with E-state index in [0.717, 1.165) is 65.0 Å². The van der Waals surface area contributed by atoms with Gasteiger partial charge in [-0.25, -0.2) is 9.00 Å². The topological polar surface area (TPSA) is 133 Å². The number of benzene rings is 5. The zero-order valence-electron chi connectivity index (χ0n) is 32.1. The molecule has 5 aromatic carbocycles. The normalized spacial score (nSPS) is 13.3. The van der Waals surface area contributed by atoms with E-state index >= 15 is 0 Å². The monoisotopic (exact) mass is 834 g/mol. The molecule has 7 rings (SSSR count). The Labute approximate surface area is 349 Å². The maximum absolute atomic E-state index is 13.3. The van der Waals surface area contributed by atoms with E-state index in [1.54, 1.807) is 23.9 Å². The molecule has 1 saturated heterocycles. The molecule has 1 aliphatic rings. The van der Waals surface area contributed by atoms with Crippen LogP contribution in [0, 0.1) is 17.0 Å². The number of carboxylic acid groups (broad SMARTS) is 1. The number of nitro benzene ring substituents is 1. The van der Waals surface area contributed by atoms with Crippen LogP contribution in [0.1, 0.15) is 23.0 Å². The summed E-state index contributed by atoms with van der Waals surface area (Å²) in [7, 11) is -1.72. The second-order valence-electron chi connectivity index (χ2n) is 13.7. The van der Waals surface area contributed by atoms with E-state index in [2.05, 4.69) is 36.5 Å². The second kappa shape index (κ2) is 18.2. The SMILES string of the molecule is CCn1c(C)c(C(=O)O)c(-c2cccc(N3CCN(c4ccc(NS(=O)c5ccc(NCCSc6ccccc6)c([N+](=O)[O-])c5)cc4)CC3)c2)c1-c1ccc(Cl)cc1. The Bertz CT molecular complexity index is 2440. The number of halogens is 1. The largest absolute Gasteiger partial charge is 0.478 e. The van der Waals surface area contributed by atoms with Gasteiger partial charge >= 0.3 is 5.97 Å². The molecule has 0 bridgehead atoms. The number of piperazine rings is 1. The van der Waals surface area contributed by atoms with Crippen molar-refractivity contribution in [2.75, 3.05) is 58.3 Å². The number of nitrogens with zero attached hydrogens (tertiary/aromatic N) is 4. The van der Waals surface area contributed by atoms with E-state index in [-0.39, 0.29) is 5.69 Å². The van der Waals surface area contributed by atoms with Crippen molar-refractivity contribution in [3.63, 3.8) is 0 Å². The van der Waals surface area contributed by atoms with Gasteiger partial charge < -0.3 is 29.5 Å². The Morgan fingerprint density at radius 2 is 1.55 bits per heavy atom. The number of aromatic carboxylic acids is 1. The van der Waals surface area contributed by atoms with Crippen molar-refractivity contribution in [3.8, 4) is 22.4 Å². The van der Waals surface area contributed by atoms with Crippen LogP contribution < -0.4 is 19.8 Å². The molecule has 1 fully saturated rings. The molecule has 58 heavy (non-hydrogen) atoms. The van der Waals surface area contributed by atoms with Crippen molar-refractivity contribution in [1.82, 2.24) is 4.57 Å². The van der Waals surface area contributed by atoms with Gasteiger partial charge in [0.15, 0.2) is 11.0 Å². The van der Waals surface area contributed by atoms with Gasteiger partial charge in [-0.1, -0.05) is 54.1 Å². The average Bonchev–Trinajstić information content (AvgIpc) is 3.55. The number of nitrogens with one attached hydrogen (secondary N) is 2. The van der Waals surface area contributed by atoms with Crippen LogP contribution >= 0.6 is 23.4 Å². The number of carboxylic acids is 1. The lowest BCUT2D eigenvalue weighted by Gasteiger charge is -2.37. The average molecular weight is 835 g/mol. The smallest absolute Gasteiger partial charge is 0.338 e. The van der Waals surface area contributed by atoms with Gasteiger partial charge in [0.2, 0.25) is 0 Å². The standard InChI is InChI=1S/C44H43ClN6O5S2/c1-3-50-30(2)41(44(52)53)42(43(50)31-12-14-33(45)15-13-31)32-8-7-9-36(28-32)49-25-23-48(24-26-49)35-18-16-34(17-19-35)47-58(56)38-20-21-39(40(29-38)51(54)55)46-22-27-57-37-10-5-4-6-11-37/h4-21,28-29,46-47H,3,22-27H2,1-2H3,(H,52,53). The van der Waals surface area contributed by atoms with E-state index < -0.39 is 21.9 Å². The number of thioether (sulfide) groups is 1. The van der Waals surface area contributed by atoms with Crippen molar-refractivity contribution in [2.45, 2.75) is 30.2 Å². The number of hydrogen-bond acceptors (Lipinski definition) is 8. The second-order valence-corrected chi connectivity index (χ2v) is 16.5. The van der Waals surface area contributed by atoms with Crippen molar-refractivity contribution in [3.05, 3.63) is 148 Å². The maximum Gasteiger partial charge on any atom is 0.338 e. The van der Waals surface area contributed by atoms with Crippen molar-refractivity contribution in [2.24, 2.45) is 0 Å². The van der Waals surface area contributed by atoms with Crippen molar-refractivity contribution in [1.29, 1.82) is 0 Å². The third-order valence-corrected chi connectivity index (χ3v) is 12.6. The highest BCUT2D eigenvalue weighted by atomic mass is 35.5. The van der Waals surface area contributed by atoms with E-state index in [4.69, 9.17) is 11.6 Å². The first-order valence-electron chi connectivity index (χ1n) is 18.9. The van der Waals surface area contributed by atoms with Gasteiger partial charge in [0.05, 0.1) is 21.1 Å². The van der Waals surface area contributed by atoms with Crippen molar-refractivity contribution < 1.29 is 19.0 Å². The Kier molecular flexibility index (Phi) is 12.7. The Morgan fingerprint density at radius 3 is 2.21 bits per heavy atom. The number of rotatable bonds is 15. The minimum Gasteiger partial charge on any atom is -0.478 e. The highest BCUT2D eigenvalue weighted by molar-refractivity contribution is 7.99. The summed E-state index contributed by atoms with van der Waals surface area (Å²) in [5.74, 6) is -0.230. The van der Waals surface area contributed by atoms with E-state index in [1.165, 1.54) is 6.07 Å². The van der Waals surface area contributed by atoms with Crippen LogP contribution in [-0.2, 0) is 17.5 Å². The van der Waals surface area contributed by atoms with Crippen LogP contribution in [0.15, 0.2) is 131 Å². The van der Waals surface area contributed by atoms with Crippen molar-refractivity contribution >= 4 is 68.8 Å². The van der Waals surface area contributed by atoms with Gasteiger partial charge in [0.25, 0.3) is 5.69 Å². The molecule has 1 aliphatic heterocycles. The van der Waals surface area contributed by atoms with Gasteiger partial charge in [-0.05, 0) is 97.8 Å².